The summed E-state index contributed by atoms with van der Waals surface area (Å²) >= 11 is 0. The number of fused-ring (bicyclic) bond motifs is 1. The van der Waals surface area contributed by atoms with Crippen LogP contribution in [0.25, 0.3) is 0 Å². The van der Waals surface area contributed by atoms with Gasteiger partial charge in [0.1, 0.15) is 6.10 Å². The minimum Gasteiger partial charge on any atom is -0.472 e. The maximum absolute atomic E-state index is 12.9. The lowest BCUT2D eigenvalue weighted by Gasteiger charge is -2.24. The molecule has 130 valence electrons. The zero-order valence-electron chi connectivity index (χ0n) is 14.4. The van der Waals surface area contributed by atoms with E-state index in [1.165, 1.54) is 11.1 Å². The highest BCUT2D eigenvalue weighted by atomic mass is 16.5. The second-order valence-corrected chi connectivity index (χ2v) is 6.73. The molecule has 4 rings (SSSR count). The molecule has 0 N–H and O–H groups in total. The molecule has 1 fully saturated rings. The molecule has 25 heavy (non-hydrogen) atoms. The van der Waals surface area contributed by atoms with Crippen molar-refractivity contribution in [3.8, 4) is 5.88 Å². The first-order chi connectivity index (χ1) is 12.2. The summed E-state index contributed by atoms with van der Waals surface area (Å²) in [5.41, 5.74) is 3.29. The van der Waals surface area contributed by atoms with Crippen LogP contribution in [0.5, 0.6) is 5.88 Å². The van der Waals surface area contributed by atoms with Crippen molar-refractivity contribution in [1.82, 2.24) is 9.88 Å². The van der Waals surface area contributed by atoms with Gasteiger partial charge in [0.05, 0.1) is 13.2 Å². The molecule has 1 amide bonds. The number of carbonyl (C=O) groups is 1. The van der Waals surface area contributed by atoms with Crippen molar-refractivity contribution >= 4 is 5.91 Å². The third kappa shape index (κ3) is 3.37. The van der Waals surface area contributed by atoms with Gasteiger partial charge in [-0.1, -0.05) is 24.3 Å². The number of pyridine rings is 1. The predicted octanol–water partition coefficient (Wildman–Crippen LogP) is 2.49. The normalized spacial score (nSPS) is 19.6. The zero-order chi connectivity index (χ0) is 17.2. The Bertz CT molecular complexity index is 746. The van der Waals surface area contributed by atoms with Crippen molar-refractivity contribution in [1.29, 1.82) is 0 Å². The number of carbonyl (C=O) groups excluding carboxylic acids is 1. The quantitative estimate of drug-likeness (QED) is 0.859. The summed E-state index contributed by atoms with van der Waals surface area (Å²) < 4.78 is 11.1. The highest BCUT2D eigenvalue weighted by Gasteiger charge is 2.28. The van der Waals surface area contributed by atoms with E-state index in [4.69, 9.17) is 9.47 Å². The monoisotopic (exact) mass is 338 g/mol. The van der Waals surface area contributed by atoms with Crippen LogP contribution in [0.2, 0.25) is 0 Å². The molecule has 0 radical (unpaired) electrons. The smallest absolute Gasteiger partial charge is 0.254 e. The Morgan fingerprint density at radius 1 is 1.24 bits per heavy atom. The molecule has 1 atom stereocenters. The van der Waals surface area contributed by atoms with Crippen molar-refractivity contribution in [2.75, 3.05) is 20.3 Å². The van der Waals surface area contributed by atoms with Gasteiger partial charge in [0, 0.05) is 37.3 Å². The molecule has 0 saturated carbocycles. The van der Waals surface area contributed by atoms with Gasteiger partial charge in [-0.3, -0.25) is 4.79 Å². The maximum atomic E-state index is 12.9. The second-order valence-electron chi connectivity index (χ2n) is 6.73. The molecule has 5 heteroatoms. The fourth-order valence-corrected chi connectivity index (χ4v) is 3.56. The summed E-state index contributed by atoms with van der Waals surface area (Å²) in [5.74, 6) is 0.497. The molecule has 1 aromatic heterocycles. The fraction of sp³-hybridized carbons (Fsp3) is 0.400. The highest BCUT2D eigenvalue weighted by Crippen LogP contribution is 2.26. The average Bonchev–Trinajstić information content (AvgIpc) is 3.30. The summed E-state index contributed by atoms with van der Waals surface area (Å²) in [7, 11) is 1.88. The molecule has 1 aliphatic heterocycles. The Balaban J connectivity index is 1.45. The topological polar surface area (TPSA) is 51.7 Å². The molecule has 5 nitrogen and oxygen atoms in total. The number of ether oxygens (including phenoxy) is 2. The van der Waals surface area contributed by atoms with Gasteiger partial charge in [-0.15, -0.1) is 0 Å². The summed E-state index contributed by atoms with van der Waals surface area (Å²) in [4.78, 5) is 19.0. The van der Waals surface area contributed by atoms with E-state index in [-0.39, 0.29) is 18.1 Å². The number of benzene rings is 1. The largest absolute Gasteiger partial charge is 0.472 e. The van der Waals surface area contributed by atoms with Crippen LogP contribution in [0.15, 0.2) is 42.6 Å². The Morgan fingerprint density at radius 2 is 2.00 bits per heavy atom. The van der Waals surface area contributed by atoms with Gasteiger partial charge in [-0.25, -0.2) is 4.98 Å². The van der Waals surface area contributed by atoms with E-state index in [1.54, 1.807) is 18.3 Å². The van der Waals surface area contributed by atoms with Crippen LogP contribution in [-0.2, 0) is 17.6 Å². The molecule has 2 aliphatic rings. The van der Waals surface area contributed by atoms with Crippen LogP contribution in [0.1, 0.15) is 27.9 Å². The highest BCUT2D eigenvalue weighted by molar-refractivity contribution is 5.94. The second kappa shape index (κ2) is 6.84. The van der Waals surface area contributed by atoms with E-state index in [1.807, 2.05) is 11.9 Å². The molecule has 1 aliphatic carbocycles. The van der Waals surface area contributed by atoms with Gasteiger partial charge >= 0.3 is 0 Å². The number of hydrogen-bond donors (Lipinski definition) is 0. The SMILES string of the molecule is CN(C(=O)c1ccnc(OC2CCOC2)c1)C1Cc2ccccc2C1. The number of likely N-dealkylation sites (N-methyl/N-ethyl adjacent to an activating group) is 1. The van der Waals surface area contributed by atoms with Crippen LogP contribution in [-0.4, -0.2) is 48.2 Å². The Hall–Kier alpha value is -2.40. The number of rotatable bonds is 4. The molecule has 0 spiro atoms. The van der Waals surface area contributed by atoms with Crippen molar-refractivity contribution in [3.05, 3.63) is 59.3 Å². The molecule has 1 saturated heterocycles. The van der Waals surface area contributed by atoms with Gasteiger partial charge in [-0.05, 0) is 30.0 Å². The van der Waals surface area contributed by atoms with E-state index in [2.05, 4.69) is 29.2 Å². The molecule has 1 unspecified atom stereocenters. The van der Waals surface area contributed by atoms with Crippen molar-refractivity contribution in [2.45, 2.75) is 31.4 Å². The van der Waals surface area contributed by atoms with Crippen LogP contribution >= 0.6 is 0 Å². The zero-order valence-corrected chi connectivity index (χ0v) is 14.4. The number of hydrogen-bond acceptors (Lipinski definition) is 4. The minimum absolute atomic E-state index is 0.00716. The Morgan fingerprint density at radius 3 is 2.68 bits per heavy atom. The van der Waals surface area contributed by atoms with Crippen LogP contribution < -0.4 is 4.74 Å². The van der Waals surface area contributed by atoms with E-state index in [0.29, 0.717) is 24.7 Å². The first-order valence-electron chi connectivity index (χ1n) is 8.75. The number of aromatic nitrogens is 1. The first-order valence-corrected chi connectivity index (χ1v) is 8.75. The van der Waals surface area contributed by atoms with Crippen molar-refractivity contribution in [2.24, 2.45) is 0 Å². The number of amides is 1. The van der Waals surface area contributed by atoms with E-state index in [9.17, 15) is 4.79 Å². The lowest BCUT2D eigenvalue weighted by atomic mass is 10.1. The lowest BCUT2D eigenvalue weighted by molar-refractivity contribution is 0.0736. The van der Waals surface area contributed by atoms with Gasteiger partial charge in [0.2, 0.25) is 5.88 Å². The molecular formula is C20H22N2O3. The molecule has 0 bridgehead atoms. The van der Waals surface area contributed by atoms with Gasteiger partial charge in [0.25, 0.3) is 5.91 Å². The van der Waals surface area contributed by atoms with Crippen molar-refractivity contribution < 1.29 is 14.3 Å². The summed E-state index contributed by atoms with van der Waals surface area (Å²) in [5, 5.41) is 0. The standard InChI is InChI=1S/C20H22N2O3/c1-22(17-10-14-4-2-3-5-15(14)11-17)20(23)16-6-8-21-19(12-16)25-18-7-9-24-13-18/h2-6,8,12,17-18H,7,9-11,13H2,1H3. The molecule has 1 aromatic carbocycles. The summed E-state index contributed by atoms with van der Waals surface area (Å²) in [6.45, 7) is 1.30. The molecule has 2 aromatic rings. The Kier molecular flexibility index (Phi) is 4.40. The van der Waals surface area contributed by atoms with E-state index < -0.39 is 0 Å². The van der Waals surface area contributed by atoms with Crippen molar-refractivity contribution in [3.63, 3.8) is 0 Å². The van der Waals surface area contributed by atoms with Gasteiger partial charge < -0.3 is 14.4 Å². The van der Waals surface area contributed by atoms with Gasteiger partial charge in [0.15, 0.2) is 0 Å². The predicted molar refractivity (Wildman–Crippen MR) is 93.8 cm³/mol. The van der Waals surface area contributed by atoms with Crippen LogP contribution in [0.3, 0.4) is 0 Å². The van der Waals surface area contributed by atoms with E-state index >= 15 is 0 Å². The minimum atomic E-state index is 0.00716. The van der Waals surface area contributed by atoms with Gasteiger partial charge in [-0.2, -0.15) is 0 Å². The summed E-state index contributed by atoms with van der Waals surface area (Å²) in [6.07, 6.45) is 4.34. The number of nitrogens with zero attached hydrogens (tertiary/aromatic N) is 2. The maximum Gasteiger partial charge on any atom is 0.254 e. The molecule has 2 heterocycles. The lowest BCUT2D eigenvalue weighted by Crippen LogP contribution is -2.37. The molecular weight excluding hydrogens is 316 g/mol. The van der Waals surface area contributed by atoms with Crippen LogP contribution in [0, 0.1) is 0 Å². The third-order valence-electron chi connectivity index (χ3n) is 5.05. The first kappa shape index (κ1) is 16.1. The average molecular weight is 338 g/mol. The van der Waals surface area contributed by atoms with E-state index in [0.717, 1.165) is 19.3 Å². The van der Waals surface area contributed by atoms with Crippen LogP contribution in [0.4, 0.5) is 0 Å². The summed E-state index contributed by atoms with van der Waals surface area (Å²) in [6, 6.07) is 12.1. The fourth-order valence-electron chi connectivity index (χ4n) is 3.56. The third-order valence-corrected chi connectivity index (χ3v) is 5.05. The Labute approximate surface area is 147 Å².